The molecule has 0 aliphatic rings. The molecule has 0 aliphatic carbocycles. The van der Waals surface area contributed by atoms with Crippen molar-refractivity contribution in [2.45, 2.75) is 0 Å². The summed E-state index contributed by atoms with van der Waals surface area (Å²) in [5.41, 5.74) is 0.499. The number of urea groups is 1. The zero-order valence-corrected chi connectivity index (χ0v) is 8.93. The van der Waals surface area contributed by atoms with Crippen LogP contribution in [-0.2, 0) is 0 Å². The SMILES string of the molecule is COc1ccc(NC(=O)N(C)C(=O)O)cc1. The molecule has 0 saturated carbocycles. The number of benzene rings is 1. The molecule has 0 bridgehead atoms. The summed E-state index contributed by atoms with van der Waals surface area (Å²) in [4.78, 5) is 22.3. The van der Waals surface area contributed by atoms with Crippen molar-refractivity contribution < 1.29 is 19.4 Å². The van der Waals surface area contributed by atoms with Crippen molar-refractivity contribution in [3.63, 3.8) is 0 Å². The van der Waals surface area contributed by atoms with Crippen molar-refractivity contribution in [1.29, 1.82) is 0 Å². The van der Waals surface area contributed by atoms with E-state index < -0.39 is 12.1 Å². The Morgan fingerprint density at radius 1 is 1.31 bits per heavy atom. The Bertz CT molecular complexity index is 388. The summed E-state index contributed by atoms with van der Waals surface area (Å²) in [6.07, 6.45) is -1.31. The molecule has 86 valence electrons. The summed E-state index contributed by atoms with van der Waals surface area (Å²) < 4.78 is 4.94. The molecule has 0 spiro atoms. The summed E-state index contributed by atoms with van der Waals surface area (Å²) in [7, 11) is 2.70. The normalized spacial score (nSPS) is 9.38. The van der Waals surface area contributed by atoms with Crippen molar-refractivity contribution >= 4 is 17.8 Å². The molecule has 6 heteroatoms. The topological polar surface area (TPSA) is 78.9 Å². The van der Waals surface area contributed by atoms with Crippen LogP contribution in [-0.4, -0.2) is 36.3 Å². The Balaban J connectivity index is 2.66. The van der Waals surface area contributed by atoms with Gasteiger partial charge in [0.2, 0.25) is 0 Å². The molecule has 16 heavy (non-hydrogen) atoms. The van der Waals surface area contributed by atoms with Crippen LogP contribution in [0.3, 0.4) is 0 Å². The van der Waals surface area contributed by atoms with E-state index in [-0.39, 0.29) is 0 Å². The molecule has 1 aromatic carbocycles. The number of amides is 3. The summed E-state index contributed by atoms with van der Waals surface area (Å²) in [5, 5.41) is 11.0. The van der Waals surface area contributed by atoms with Gasteiger partial charge in [-0.1, -0.05) is 0 Å². The number of hydrogen-bond acceptors (Lipinski definition) is 3. The number of carbonyl (C=O) groups excluding carboxylic acids is 1. The van der Waals surface area contributed by atoms with Crippen LogP contribution in [0.5, 0.6) is 5.75 Å². The van der Waals surface area contributed by atoms with E-state index in [0.29, 0.717) is 16.3 Å². The zero-order chi connectivity index (χ0) is 12.1. The zero-order valence-electron chi connectivity index (χ0n) is 8.93. The minimum absolute atomic E-state index is 0.499. The quantitative estimate of drug-likeness (QED) is 0.803. The number of anilines is 1. The van der Waals surface area contributed by atoms with Crippen molar-refractivity contribution in [3.8, 4) is 5.75 Å². The van der Waals surface area contributed by atoms with E-state index >= 15 is 0 Å². The Morgan fingerprint density at radius 2 is 1.88 bits per heavy atom. The highest BCUT2D eigenvalue weighted by atomic mass is 16.5. The molecular formula is C10H12N2O4. The molecule has 0 aromatic heterocycles. The van der Waals surface area contributed by atoms with Crippen LogP contribution in [0.15, 0.2) is 24.3 Å². The van der Waals surface area contributed by atoms with Gasteiger partial charge in [0, 0.05) is 12.7 Å². The van der Waals surface area contributed by atoms with Gasteiger partial charge in [-0.25, -0.2) is 14.5 Å². The number of ether oxygens (including phenoxy) is 1. The number of hydrogen-bond donors (Lipinski definition) is 2. The van der Waals surface area contributed by atoms with Gasteiger partial charge in [-0.2, -0.15) is 0 Å². The maximum Gasteiger partial charge on any atom is 0.415 e. The molecule has 0 heterocycles. The lowest BCUT2D eigenvalue weighted by Crippen LogP contribution is -2.35. The second-order valence-electron chi connectivity index (χ2n) is 3.00. The summed E-state index contributed by atoms with van der Waals surface area (Å²) in [6, 6.07) is 5.85. The highest BCUT2D eigenvalue weighted by Gasteiger charge is 2.14. The maximum atomic E-state index is 11.3. The lowest BCUT2D eigenvalue weighted by Gasteiger charge is -2.12. The van der Waals surface area contributed by atoms with Crippen molar-refractivity contribution in [2.24, 2.45) is 0 Å². The average Bonchev–Trinajstić information content (AvgIpc) is 2.28. The lowest BCUT2D eigenvalue weighted by molar-refractivity contribution is 0.161. The van der Waals surface area contributed by atoms with Crippen LogP contribution >= 0.6 is 0 Å². The fourth-order valence-electron chi connectivity index (χ4n) is 0.969. The number of carbonyl (C=O) groups is 2. The van der Waals surface area contributed by atoms with Gasteiger partial charge in [-0.05, 0) is 24.3 Å². The molecule has 0 fully saturated rings. The molecule has 0 aliphatic heterocycles. The first-order chi connectivity index (χ1) is 7.54. The van der Waals surface area contributed by atoms with Crippen molar-refractivity contribution in [3.05, 3.63) is 24.3 Å². The maximum absolute atomic E-state index is 11.3. The standard InChI is InChI=1S/C10H12N2O4/c1-12(10(14)15)9(13)11-7-3-5-8(16-2)6-4-7/h3-6H,1-2H3,(H,11,13)(H,14,15). The van der Waals surface area contributed by atoms with Crippen LogP contribution in [0.2, 0.25) is 0 Å². The van der Waals surface area contributed by atoms with E-state index in [9.17, 15) is 9.59 Å². The van der Waals surface area contributed by atoms with Gasteiger partial charge in [0.05, 0.1) is 7.11 Å². The first kappa shape index (κ1) is 11.8. The molecule has 0 unspecified atom stereocenters. The molecule has 2 N–H and O–H groups in total. The fourth-order valence-corrected chi connectivity index (χ4v) is 0.969. The Labute approximate surface area is 92.4 Å². The van der Waals surface area contributed by atoms with E-state index in [2.05, 4.69) is 5.32 Å². The minimum atomic E-state index is -1.31. The molecule has 0 atom stereocenters. The van der Waals surface area contributed by atoms with Crippen molar-refractivity contribution in [1.82, 2.24) is 4.90 Å². The number of nitrogens with one attached hydrogen (secondary N) is 1. The molecule has 3 amide bonds. The second kappa shape index (κ2) is 5.01. The van der Waals surface area contributed by atoms with Gasteiger partial charge in [-0.3, -0.25) is 0 Å². The van der Waals surface area contributed by atoms with Gasteiger partial charge in [0.15, 0.2) is 0 Å². The molecule has 1 rings (SSSR count). The third-order valence-electron chi connectivity index (χ3n) is 1.93. The summed E-state index contributed by atoms with van der Waals surface area (Å²) >= 11 is 0. The number of nitrogens with zero attached hydrogens (tertiary/aromatic N) is 1. The van der Waals surface area contributed by atoms with E-state index in [0.717, 1.165) is 0 Å². The number of methoxy groups -OCH3 is 1. The highest BCUT2D eigenvalue weighted by molar-refractivity contribution is 5.98. The Hall–Kier alpha value is -2.24. The summed E-state index contributed by atoms with van der Waals surface area (Å²) in [5.74, 6) is 0.657. The third kappa shape index (κ3) is 2.88. The smallest absolute Gasteiger partial charge is 0.415 e. The van der Waals surface area contributed by atoms with Gasteiger partial charge in [0.25, 0.3) is 0 Å². The van der Waals surface area contributed by atoms with E-state index in [4.69, 9.17) is 9.84 Å². The van der Waals surface area contributed by atoms with Gasteiger partial charge >= 0.3 is 12.1 Å². The van der Waals surface area contributed by atoms with E-state index in [1.165, 1.54) is 14.2 Å². The van der Waals surface area contributed by atoms with Gasteiger partial charge < -0.3 is 15.2 Å². The number of carboxylic acid groups (broad SMARTS) is 1. The van der Waals surface area contributed by atoms with Gasteiger partial charge in [0.1, 0.15) is 5.75 Å². The minimum Gasteiger partial charge on any atom is -0.497 e. The molecular weight excluding hydrogens is 212 g/mol. The first-order valence-corrected chi connectivity index (χ1v) is 4.46. The average molecular weight is 224 g/mol. The third-order valence-corrected chi connectivity index (χ3v) is 1.93. The van der Waals surface area contributed by atoms with Gasteiger partial charge in [-0.15, -0.1) is 0 Å². The second-order valence-corrected chi connectivity index (χ2v) is 3.00. The number of imide groups is 1. The van der Waals surface area contributed by atoms with Crippen LogP contribution in [0.4, 0.5) is 15.3 Å². The predicted octanol–water partition coefficient (Wildman–Crippen LogP) is 1.84. The number of rotatable bonds is 2. The summed E-state index contributed by atoms with van der Waals surface area (Å²) in [6.45, 7) is 0. The highest BCUT2D eigenvalue weighted by Crippen LogP contribution is 2.15. The van der Waals surface area contributed by atoms with E-state index in [1.807, 2.05) is 0 Å². The molecule has 6 nitrogen and oxygen atoms in total. The van der Waals surface area contributed by atoms with Crippen LogP contribution < -0.4 is 10.1 Å². The first-order valence-electron chi connectivity index (χ1n) is 4.46. The van der Waals surface area contributed by atoms with Crippen molar-refractivity contribution in [2.75, 3.05) is 19.5 Å². The fraction of sp³-hybridized carbons (Fsp3) is 0.200. The van der Waals surface area contributed by atoms with Crippen LogP contribution in [0.1, 0.15) is 0 Å². The molecule has 0 saturated heterocycles. The monoisotopic (exact) mass is 224 g/mol. The largest absolute Gasteiger partial charge is 0.497 e. The van der Waals surface area contributed by atoms with E-state index in [1.54, 1.807) is 24.3 Å². The van der Waals surface area contributed by atoms with Crippen LogP contribution in [0.25, 0.3) is 0 Å². The molecule has 1 aromatic rings. The molecule has 0 radical (unpaired) electrons. The Kier molecular flexibility index (Phi) is 3.71. The lowest BCUT2D eigenvalue weighted by atomic mass is 10.3. The van der Waals surface area contributed by atoms with Crippen LogP contribution in [0, 0.1) is 0 Å². The predicted molar refractivity (Wildman–Crippen MR) is 57.8 cm³/mol. The Morgan fingerprint density at radius 3 is 2.31 bits per heavy atom.